The summed E-state index contributed by atoms with van der Waals surface area (Å²) in [4.78, 5) is 29.2. The van der Waals surface area contributed by atoms with Crippen molar-refractivity contribution in [3.8, 4) is 5.75 Å². The fourth-order valence-corrected chi connectivity index (χ4v) is 3.82. The molecular formula is C19H22N2O3S. The highest BCUT2D eigenvalue weighted by molar-refractivity contribution is 7.10. The van der Waals surface area contributed by atoms with E-state index in [2.05, 4.69) is 6.07 Å². The Labute approximate surface area is 151 Å². The van der Waals surface area contributed by atoms with Crippen molar-refractivity contribution < 1.29 is 14.3 Å². The van der Waals surface area contributed by atoms with Crippen molar-refractivity contribution in [1.82, 2.24) is 9.80 Å². The van der Waals surface area contributed by atoms with Crippen molar-refractivity contribution in [3.63, 3.8) is 0 Å². The third-order valence-corrected chi connectivity index (χ3v) is 5.30. The van der Waals surface area contributed by atoms with Gasteiger partial charge in [-0.25, -0.2) is 0 Å². The lowest BCUT2D eigenvalue weighted by Gasteiger charge is -2.24. The number of nitrogens with zero attached hydrogens (tertiary/aromatic N) is 2. The summed E-state index contributed by atoms with van der Waals surface area (Å²) in [5.74, 6) is 0.433. The van der Waals surface area contributed by atoms with Crippen LogP contribution in [-0.2, 0) is 4.79 Å². The summed E-state index contributed by atoms with van der Waals surface area (Å²) in [6, 6.07) is 11.3. The summed E-state index contributed by atoms with van der Waals surface area (Å²) in [7, 11) is 3.37. The van der Waals surface area contributed by atoms with Gasteiger partial charge in [-0.3, -0.25) is 9.59 Å². The summed E-state index contributed by atoms with van der Waals surface area (Å²) < 4.78 is 5.52. The van der Waals surface area contributed by atoms with E-state index in [1.165, 1.54) is 9.78 Å². The number of carbonyl (C=O) groups is 2. The molecule has 0 saturated carbocycles. The standard InChI is InChI=1S/C19H22N2O3S/c1-20(2)18(22)13-24-15-7-3-6-14(12-15)19(23)21-10-4-8-16(21)17-9-5-11-25-17/h3,5-7,9,11-12,16H,4,8,10,13H2,1-2H3. The number of carbonyl (C=O) groups excluding carboxylic acids is 2. The zero-order chi connectivity index (χ0) is 17.8. The molecule has 1 fully saturated rings. The van der Waals surface area contributed by atoms with Crippen LogP contribution in [0.5, 0.6) is 5.75 Å². The van der Waals surface area contributed by atoms with Gasteiger partial charge in [-0.2, -0.15) is 0 Å². The maximum Gasteiger partial charge on any atom is 0.259 e. The zero-order valence-corrected chi connectivity index (χ0v) is 15.3. The van der Waals surface area contributed by atoms with E-state index in [-0.39, 0.29) is 24.5 Å². The topological polar surface area (TPSA) is 49.9 Å². The van der Waals surface area contributed by atoms with Gasteiger partial charge in [0.25, 0.3) is 11.8 Å². The number of ether oxygens (including phenoxy) is 1. The molecule has 25 heavy (non-hydrogen) atoms. The van der Waals surface area contributed by atoms with E-state index < -0.39 is 0 Å². The van der Waals surface area contributed by atoms with Crippen LogP contribution in [0.4, 0.5) is 0 Å². The predicted molar refractivity (Wildman–Crippen MR) is 98.0 cm³/mol. The Hall–Kier alpha value is -2.34. The Kier molecular flexibility index (Phi) is 5.38. The minimum absolute atomic E-state index is 0.0142. The summed E-state index contributed by atoms with van der Waals surface area (Å²) >= 11 is 1.69. The fourth-order valence-electron chi connectivity index (χ4n) is 2.95. The molecule has 1 aromatic heterocycles. The highest BCUT2D eigenvalue weighted by Crippen LogP contribution is 2.35. The minimum Gasteiger partial charge on any atom is -0.484 e. The monoisotopic (exact) mass is 358 g/mol. The maximum atomic E-state index is 13.0. The normalized spacial score (nSPS) is 16.7. The van der Waals surface area contributed by atoms with Crippen LogP contribution in [-0.4, -0.2) is 48.9 Å². The Balaban J connectivity index is 1.72. The molecule has 132 valence electrons. The van der Waals surface area contributed by atoms with Crippen molar-refractivity contribution in [2.75, 3.05) is 27.2 Å². The van der Waals surface area contributed by atoms with Crippen molar-refractivity contribution in [2.24, 2.45) is 0 Å². The van der Waals surface area contributed by atoms with E-state index in [1.54, 1.807) is 49.7 Å². The molecule has 2 amide bonds. The average molecular weight is 358 g/mol. The molecule has 1 saturated heterocycles. The average Bonchev–Trinajstić information content (AvgIpc) is 3.29. The highest BCUT2D eigenvalue weighted by atomic mass is 32.1. The number of hydrogen-bond acceptors (Lipinski definition) is 4. The molecule has 6 heteroatoms. The third kappa shape index (κ3) is 4.02. The molecule has 1 aromatic carbocycles. The number of thiophene rings is 1. The van der Waals surface area contributed by atoms with Crippen molar-refractivity contribution in [1.29, 1.82) is 0 Å². The molecule has 2 heterocycles. The lowest BCUT2D eigenvalue weighted by atomic mass is 10.1. The number of likely N-dealkylation sites (N-methyl/N-ethyl adjacent to an activating group) is 1. The summed E-state index contributed by atoms with van der Waals surface area (Å²) in [5.41, 5.74) is 0.596. The van der Waals surface area contributed by atoms with Crippen LogP contribution in [0.25, 0.3) is 0 Å². The van der Waals surface area contributed by atoms with Crippen LogP contribution in [0.15, 0.2) is 41.8 Å². The lowest BCUT2D eigenvalue weighted by Crippen LogP contribution is -2.30. The van der Waals surface area contributed by atoms with Gasteiger partial charge in [-0.05, 0) is 42.5 Å². The molecule has 0 radical (unpaired) electrons. The number of amides is 2. The van der Waals surface area contributed by atoms with Gasteiger partial charge in [0.15, 0.2) is 6.61 Å². The van der Waals surface area contributed by atoms with E-state index in [1.807, 2.05) is 16.3 Å². The largest absolute Gasteiger partial charge is 0.484 e. The first-order valence-corrected chi connectivity index (χ1v) is 9.21. The third-order valence-electron chi connectivity index (χ3n) is 4.33. The van der Waals surface area contributed by atoms with E-state index >= 15 is 0 Å². The second-order valence-electron chi connectivity index (χ2n) is 6.28. The Morgan fingerprint density at radius 1 is 1.28 bits per heavy atom. The molecule has 0 N–H and O–H groups in total. The highest BCUT2D eigenvalue weighted by Gasteiger charge is 2.31. The first-order valence-electron chi connectivity index (χ1n) is 8.33. The van der Waals surface area contributed by atoms with Gasteiger partial charge in [0.2, 0.25) is 0 Å². The molecule has 0 aliphatic carbocycles. The molecule has 0 bridgehead atoms. The number of benzene rings is 1. The molecular weight excluding hydrogens is 336 g/mol. The molecule has 1 aliphatic heterocycles. The van der Waals surface area contributed by atoms with Crippen LogP contribution in [0.1, 0.15) is 34.1 Å². The molecule has 5 nitrogen and oxygen atoms in total. The minimum atomic E-state index is -0.117. The Morgan fingerprint density at radius 2 is 2.12 bits per heavy atom. The van der Waals surface area contributed by atoms with Crippen LogP contribution in [0.2, 0.25) is 0 Å². The van der Waals surface area contributed by atoms with Crippen LogP contribution in [0, 0.1) is 0 Å². The van der Waals surface area contributed by atoms with Crippen molar-refractivity contribution >= 4 is 23.2 Å². The molecule has 0 spiro atoms. The van der Waals surface area contributed by atoms with Crippen molar-refractivity contribution in [3.05, 3.63) is 52.2 Å². The SMILES string of the molecule is CN(C)C(=O)COc1cccc(C(=O)N2CCCC2c2cccs2)c1. The van der Waals surface area contributed by atoms with E-state index in [9.17, 15) is 9.59 Å². The number of rotatable bonds is 5. The molecule has 2 aromatic rings. The Morgan fingerprint density at radius 3 is 2.84 bits per heavy atom. The van der Waals surface area contributed by atoms with Crippen molar-refractivity contribution in [2.45, 2.75) is 18.9 Å². The molecule has 3 rings (SSSR count). The van der Waals surface area contributed by atoms with Gasteiger partial charge in [0, 0.05) is 31.1 Å². The van der Waals surface area contributed by atoms with Gasteiger partial charge in [0.1, 0.15) is 5.75 Å². The quantitative estimate of drug-likeness (QED) is 0.825. The molecule has 1 atom stereocenters. The Bertz CT molecular complexity index is 743. The first kappa shape index (κ1) is 17.5. The zero-order valence-electron chi connectivity index (χ0n) is 14.5. The van der Waals surface area contributed by atoms with E-state index in [0.29, 0.717) is 11.3 Å². The summed E-state index contributed by atoms with van der Waals surface area (Å²) in [6.07, 6.45) is 2.02. The van der Waals surface area contributed by atoms with E-state index in [0.717, 1.165) is 19.4 Å². The van der Waals surface area contributed by atoms with Crippen LogP contribution >= 0.6 is 11.3 Å². The maximum absolute atomic E-state index is 13.0. The lowest BCUT2D eigenvalue weighted by molar-refractivity contribution is -0.130. The van der Waals surface area contributed by atoms with Gasteiger partial charge >= 0.3 is 0 Å². The number of hydrogen-bond donors (Lipinski definition) is 0. The summed E-state index contributed by atoms with van der Waals surface area (Å²) in [5, 5.41) is 2.05. The second-order valence-corrected chi connectivity index (χ2v) is 7.26. The van der Waals surface area contributed by atoms with Crippen LogP contribution < -0.4 is 4.74 Å². The van der Waals surface area contributed by atoms with Gasteiger partial charge in [0.05, 0.1) is 6.04 Å². The van der Waals surface area contributed by atoms with Gasteiger partial charge < -0.3 is 14.5 Å². The van der Waals surface area contributed by atoms with E-state index in [4.69, 9.17) is 4.74 Å². The summed E-state index contributed by atoms with van der Waals surface area (Å²) in [6.45, 7) is 0.734. The number of likely N-dealkylation sites (tertiary alicyclic amines) is 1. The van der Waals surface area contributed by atoms with Gasteiger partial charge in [-0.15, -0.1) is 11.3 Å². The second kappa shape index (κ2) is 7.70. The smallest absolute Gasteiger partial charge is 0.259 e. The predicted octanol–water partition coefficient (Wildman–Crippen LogP) is 3.19. The van der Waals surface area contributed by atoms with Gasteiger partial charge in [-0.1, -0.05) is 12.1 Å². The van der Waals surface area contributed by atoms with Crippen LogP contribution in [0.3, 0.4) is 0 Å². The molecule has 1 unspecified atom stereocenters. The fraction of sp³-hybridized carbons (Fsp3) is 0.368. The first-order chi connectivity index (χ1) is 12.1. The molecule has 1 aliphatic rings.